The summed E-state index contributed by atoms with van der Waals surface area (Å²) in [6.45, 7) is 3.08. The second kappa shape index (κ2) is 8.02. The van der Waals surface area contributed by atoms with E-state index in [4.69, 9.17) is 4.74 Å². The fraction of sp³-hybridized carbons (Fsp3) is 0.606. The van der Waals surface area contributed by atoms with E-state index < -0.39 is 11.7 Å². The zero-order chi connectivity index (χ0) is 26.9. The Hall–Kier alpha value is -2.61. The summed E-state index contributed by atoms with van der Waals surface area (Å²) in [5.41, 5.74) is 1.48. The van der Waals surface area contributed by atoms with Gasteiger partial charge >= 0.3 is 0 Å². The van der Waals surface area contributed by atoms with E-state index in [2.05, 4.69) is 21.2 Å². The number of hydrogen-bond acceptors (Lipinski definition) is 6. The van der Waals surface area contributed by atoms with Crippen LogP contribution >= 0.6 is 0 Å². The predicted molar refractivity (Wildman–Crippen MR) is 150 cm³/mol. The Labute approximate surface area is 235 Å². The molecule has 0 radical (unpaired) electrons. The molecule has 0 unspecified atom stereocenters. The van der Waals surface area contributed by atoms with Crippen LogP contribution in [-0.4, -0.2) is 74.9 Å². The second-order valence-corrected chi connectivity index (χ2v) is 14.0. The van der Waals surface area contributed by atoms with Crippen molar-refractivity contribution in [1.29, 1.82) is 0 Å². The van der Waals surface area contributed by atoms with Crippen molar-refractivity contribution >= 4 is 11.6 Å². The van der Waals surface area contributed by atoms with Gasteiger partial charge < -0.3 is 20.3 Å². The van der Waals surface area contributed by atoms with Crippen molar-refractivity contribution in [3.05, 3.63) is 53.6 Å². The number of aromatic hydroxyl groups is 1. The molecule has 4 aliphatic carbocycles. The molecule has 6 atom stereocenters. The van der Waals surface area contributed by atoms with Gasteiger partial charge in [0.05, 0.1) is 17.0 Å². The van der Waals surface area contributed by atoms with E-state index in [1.807, 2.05) is 30.3 Å². The zero-order valence-electron chi connectivity index (χ0n) is 23.0. The number of likely N-dealkylation sites (tertiary alicyclic amines) is 1. The molecule has 1 amide bonds. The molecule has 40 heavy (non-hydrogen) atoms. The highest BCUT2D eigenvalue weighted by molar-refractivity contribution is 5.91. The van der Waals surface area contributed by atoms with E-state index in [0.29, 0.717) is 24.1 Å². The lowest BCUT2D eigenvalue weighted by Crippen LogP contribution is -2.91. The molecule has 4 bridgehead atoms. The molecule has 2 spiro atoms. The summed E-state index contributed by atoms with van der Waals surface area (Å²) in [5.74, 6) is 2.15. The standard InChI is InChI=1S/C33H39N3O4/c37-24-11-10-22-16-26-33-13-12-32(39,30-31(33,28(22)29(24)40-30)14-15-35(26)18-20-6-7-20)25(36(33)19-21-8-9-21)17-27(38)34-23-4-2-1-3-5-23/h1-5,10-11,20-21,25-26,30,37,39H,6-9,12-19H2,(H,34,38)/t25-,26+,30+,31-,32+,33+/m0/s1. The zero-order valence-corrected chi connectivity index (χ0v) is 23.0. The number of carbonyl (C=O) groups is 1. The molecule has 210 valence electrons. The average molecular weight is 542 g/mol. The molecule has 10 rings (SSSR count). The number of piperidine rings is 3. The molecule has 3 N–H and O–H groups in total. The Morgan fingerprint density at radius 2 is 1.77 bits per heavy atom. The Bertz CT molecular complexity index is 1390. The maximum atomic E-state index is 13.6. The van der Waals surface area contributed by atoms with Gasteiger partial charge in [0.25, 0.3) is 0 Å². The van der Waals surface area contributed by atoms with E-state index in [9.17, 15) is 15.0 Å². The second-order valence-electron chi connectivity index (χ2n) is 14.0. The lowest BCUT2D eigenvalue weighted by Gasteiger charge is -2.77. The molecule has 8 aliphatic rings. The number of aliphatic hydroxyl groups is 1. The number of phenols is 1. The third kappa shape index (κ3) is 2.99. The van der Waals surface area contributed by atoms with Gasteiger partial charge in [0.15, 0.2) is 11.5 Å². The van der Waals surface area contributed by atoms with Gasteiger partial charge in [0.2, 0.25) is 5.91 Å². The number of rotatable bonds is 7. The summed E-state index contributed by atoms with van der Waals surface area (Å²) in [4.78, 5) is 19.1. The first-order chi connectivity index (χ1) is 19.4. The van der Waals surface area contributed by atoms with Crippen molar-refractivity contribution in [2.45, 2.75) is 92.5 Å². The van der Waals surface area contributed by atoms with Gasteiger partial charge in [-0.2, -0.15) is 0 Å². The SMILES string of the molecule is O=C(C[C@@H]1N(CC2CC2)[C@@]23CC[C@]1(O)[C@@H]1Oc4c(O)ccc5c4[C@@]12CCN(CC1CC1)[C@@H]3C5)Nc1ccccc1. The summed E-state index contributed by atoms with van der Waals surface area (Å²) >= 11 is 0. The molecule has 6 fully saturated rings. The Morgan fingerprint density at radius 3 is 2.55 bits per heavy atom. The van der Waals surface area contributed by atoms with Crippen LogP contribution in [0.1, 0.15) is 62.5 Å². The van der Waals surface area contributed by atoms with Gasteiger partial charge in [-0.25, -0.2) is 0 Å². The van der Waals surface area contributed by atoms with Crippen molar-refractivity contribution in [3.8, 4) is 11.5 Å². The molecule has 2 aromatic carbocycles. The van der Waals surface area contributed by atoms with Gasteiger partial charge in [0, 0.05) is 36.8 Å². The summed E-state index contributed by atoms with van der Waals surface area (Å²) in [6, 6.07) is 13.5. The molecular formula is C33H39N3O4. The highest BCUT2D eigenvalue weighted by Crippen LogP contribution is 2.72. The highest BCUT2D eigenvalue weighted by Gasteiger charge is 2.82. The molecule has 4 heterocycles. The van der Waals surface area contributed by atoms with Gasteiger partial charge in [-0.3, -0.25) is 14.6 Å². The number of benzene rings is 2. The Kier molecular flexibility index (Phi) is 4.82. The van der Waals surface area contributed by atoms with E-state index in [1.54, 1.807) is 6.07 Å². The third-order valence-electron chi connectivity index (χ3n) is 11.9. The van der Waals surface area contributed by atoms with Crippen LogP contribution in [0.4, 0.5) is 5.69 Å². The third-order valence-corrected chi connectivity index (χ3v) is 11.9. The minimum absolute atomic E-state index is 0.0572. The smallest absolute Gasteiger partial charge is 0.226 e. The summed E-state index contributed by atoms with van der Waals surface area (Å²) < 4.78 is 6.79. The fourth-order valence-electron chi connectivity index (χ4n) is 10.1. The van der Waals surface area contributed by atoms with Gasteiger partial charge in [-0.1, -0.05) is 24.3 Å². The number of nitrogens with zero attached hydrogens (tertiary/aromatic N) is 2. The normalized spacial score (nSPS) is 39.1. The number of carbonyl (C=O) groups excluding carboxylic acids is 1. The van der Waals surface area contributed by atoms with Crippen molar-refractivity contribution in [3.63, 3.8) is 0 Å². The molecule has 2 aromatic rings. The number of ether oxygens (including phenoxy) is 1. The number of hydrogen-bond donors (Lipinski definition) is 3. The monoisotopic (exact) mass is 541 g/mol. The predicted octanol–water partition coefficient (Wildman–Crippen LogP) is 3.82. The van der Waals surface area contributed by atoms with Gasteiger partial charge in [-0.05, 0) is 93.5 Å². The summed E-state index contributed by atoms with van der Waals surface area (Å²) in [7, 11) is 0. The maximum Gasteiger partial charge on any atom is 0.226 e. The van der Waals surface area contributed by atoms with Crippen LogP contribution in [-0.2, 0) is 16.6 Å². The van der Waals surface area contributed by atoms with E-state index in [-0.39, 0.29) is 35.1 Å². The first-order valence-corrected chi connectivity index (χ1v) is 15.5. The first-order valence-electron chi connectivity index (χ1n) is 15.5. The van der Waals surface area contributed by atoms with Crippen LogP contribution in [0.15, 0.2) is 42.5 Å². The average Bonchev–Trinajstić information content (AvgIpc) is 3.88. The molecule has 7 nitrogen and oxygen atoms in total. The first kappa shape index (κ1) is 24.0. The Balaban J connectivity index is 1.20. The van der Waals surface area contributed by atoms with Crippen LogP contribution in [0.2, 0.25) is 0 Å². The Morgan fingerprint density at radius 1 is 1.00 bits per heavy atom. The number of para-hydroxylation sites is 1. The largest absolute Gasteiger partial charge is 0.504 e. The number of phenolic OH excluding ortho intramolecular Hbond substituents is 1. The van der Waals surface area contributed by atoms with E-state index in [0.717, 1.165) is 50.5 Å². The van der Waals surface area contributed by atoms with Crippen LogP contribution in [0.3, 0.4) is 0 Å². The molecule has 3 saturated heterocycles. The molecule has 4 aliphatic heterocycles. The minimum Gasteiger partial charge on any atom is -0.504 e. The van der Waals surface area contributed by atoms with Crippen LogP contribution < -0.4 is 10.1 Å². The van der Waals surface area contributed by atoms with Crippen molar-refractivity contribution < 1.29 is 19.7 Å². The number of nitrogens with one attached hydrogen (secondary N) is 1. The van der Waals surface area contributed by atoms with Crippen LogP contribution in [0, 0.1) is 11.8 Å². The lowest BCUT2D eigenvalue weighted by molar-refractivity contribution is -0.293. The van der Waals surface area contributed by atoms with Crippen LogP contribution in [0.25, 0.3) is 0 Å². The maximum absolute atomic E-state index is 13.6. The quantitative estimate of drug-likeness (QED) is 0.494. The molecule has 3 saturated carbocycles. The lowest BCUT2D eigenvalue weighted by atomic mass is 9.40. The van der Waals surface area contributed by atoms with Crippen molar-refractivity contribution in [1.82, 2.24) is 9.80 Å². The number of fused-ring (bicyclic) bond motifs is 2. The van der Waals surface area contributed by atoms with E-state index >= 15 is 0 Å². The molecular weight excluding hydrogens is 502 g/mol. The van der Waals surface area contributed by atoms with Crippen LogP contribution in [0.5, 0.6) is 11.5 Å². The highest BCUT2D eigenvalue weighted by atomic mass is 16.5. The van der Waals surface area contributed by atoms with Crippen molar-refractivity contribution in [2.75, 3.05) is 25.0 Å². The fourth-order valence-corrected chi connectivity index (χ4v) is 10.1. The summed E-state index contributed by atoms with van der Waals surface area (Å²) in [5, 5.41) is 27.0. The summed E-state index contributed by atoms with van der Waals surface area (Å²) in [6.07, 6.45) is 8.29. The van der Waals surface area contributed by atoms with Gasteiger partial charge in [0.1, 0.15) is 11.7 Å². The minimum atomic E-state index is -1.17. The molecule has 7 heteroatoms. The number of anilines is 1. The van der Waals surface area contributed by atoms with Crippen molar-refractivity contribution in [2.24, 2.45) is 11.8 Å². The topological polar surface area (TPSA) is 85.3 Å². The van der Waals surface area contributed by atoms with Gasteiger partial charge in [-0.15, -0.1) is 0 Å². The molecule has 0 aromatic heterocycles. The van der Waals surface area contributed by atoms with E-state index in [1.165, 1.54) is 36.8 Å². The number of amides is 1.